The lowest BCUT2D eigenvalue weighted by Crippen LogP contribution is -2.30. The summed E-state index contributed by atoms with van der Waals surface area (Å²) in [6.07, 6.45) is 1.55. The van der Waals surface area contributed by atoms with Crippen LogP contribution in [0, 0.1) is 3.57 Å². The summed E-state index contributed by atoms with van der Waals surface area (Å²) < 4.78 is 12.7. The maximum absolute atomic E-state index is 12.9. The van der Waals surface area contributed by atoms with Crippen LogP contribution in [0.25, 0.3) is 0 Å². The fourth-order valence-electron chi connectivity index (χ4n) is 3.34. The summed E-state index contributed by atoms with van der Waals surface area (Å²) in [5, 5.41) is 3.20. The van der Waals surface area contributed by atoms with Crippen LogP contribution in [0.5, 0.6) is 11.5 Å². The minimum Gasteiger partial charge on any atom is -0.490 e. The number of carbonyl (C=O) groups excluding carboxylic acids is 1. The van der Waals surface area contributed by atoms with Crippen LogP contribution in [0.4, 0.5) is 0 Å². The highest BCUT2D eigenvalue weighted by molar-refractivity contribution is 14.1. The maximum atomic E-state index is 12.9. The zero-order valence-electron chi connectivity index (χ0n) is 15.9. The highest BCUT2D eigenvalue weighted by Crippen LogP contribution is 2.33. The number of ether oxygens (including phenoxy) is 2. The zero-order chi connectivity index (χ0) is 20.1. The van der Waals surface area contributed by atoms with E-state index in [0.717, 1.165) is 32.6 Å². The lowest BCUT2D eigenvalue weighted by Gasteiger charge is -2.21. The standard InChI is InChI=1S/C24H22INO3/c25-20-10-7-18(8-11-20)24(27)26-21(15-17-5-2-1-3-6-17)19-9-12-22-23(16-19)29-14-4-13-28-22/h1-3,5-12,16,21H,4,13-15H2,(H,26,27). The topological polar surface area (TPSA) is 47.6 Å². The number of carbonyl (C=O) groups is 1. The first-order valence-electron chi connectivity index (χ1n) is 9.69. The quantitative estimate of drug-likeness (QED) is 0.493. The highest BCUT2D eigenvalue weighted by Gasteiger charge is 2.19. The van der Waals surface area contributed by atoms with Gasteiger partial charge in [0.1, 0.15) is 0 Å². The molecular formula is C24H22INO3. The molecule has 1 amide bonds. The molecule has 5 heteroatoms. The molecule has 1 aliphatic heterocycles. The van der Waals surface area contributed by atoms with Crippen LogP contribution in [0.3, 0.4) is 0 Å². The van der Waals surface area contributed by atoms with Crippen LogP contribution < -0.4 is 14.8 Å². The Kier molecular flexibility index (Phi) is 6.34. The van der Waals surface area contributed by atoms with Crippen molar-refractivity contribution in [1.82, 2.24) is 5.32 Å². The molecule has 3 aromatic carbocycles. The van der Waals surface area contributed by atoms with Crippen molar-refractivity contribution in [2.24, 2.45) is 0 Å². The average Bonchev–Trinajstić information content (AvgIpc) is 2.99. The monoisotopic (exact) mass is 499 g/mol. The molecule has 4 nitrogen and oxygen atoms in total. The first-order chi connectivity index (χ1) is 14.2. The van der Waals surface area contributed by atoms with E-state index in [4.69, 9.17) is 9.47 Å². The minimum absolute atomic E-state index is 0.0885. The second-order valence-corrected chi connectivity index (χ2v) is 8.22. The van der Waals surface area contributed by atoms with E-state index in [2.05, 4.69) is 40.0 Å². The Bertz CT molecular complexity index is 973. The van der Waals surface area contributed by atoms with Gasteiger partial charge in [0.15, 0.2) is 11.5 Å². The van der Waals surface area contributed by atoms with Gasteiger partial charge in [0.05, 0.1) is 19.3 Å². The largest absolute Gasteiger partial charge is 0.490 e. The van der Waals surface area contributed by atoms with Crippen molar-refractivity contribution >= 4 is 28.5 Å². The molecule has 1 N–H and O–H groups in total. The second kappa shape index (κ2) is 9.31. The number of benzene rings is 3. The summed E-state index contributed by atoms with van der Waals surface area (Å²) >= 11 is 2.24. The van der Waals surface area contributed by atoms with Crippen molar-refractivity contribution in [1.29, 1.82) is 0 Å². The first kappa shape index (κ1) is 19.8. The molecule has 0 fully saturated rings. The number of hydrogen-bond donors (Lipinski definition) is 1. The summed E-state index contributed by atoms with van der Waals surface area (Å²) in [6, 6.07) is 23.5. The lowest BCUT2D eigenvalue weighted by molar-refractivity contribution is 0.0936. The maximum Gasteiger partial charge on any atom is 0.251 e. The third-order valence-electron chi connectivity index (χ3n) is 4.87. The Balaban J connectivity index is 1.62. The van der Waals surface area contributed by atoms with Gasteiger partial charge in [0.25, 0.3) is 5.91 Å². The van der Waals surface area contributed by atoms with Gasteiger partial charge in [-0.05, 0) is 76.5 Å². The molecule has 1 unspecified atom stereocenters. The Morgan fingerprint density at radius 2 is 1.66 bits per heavy atom. The molecule has 1 atom stereocenters. The van der Waals surface area contributed by atoms with Crippen molar-refractivity contribution in [3.63, 3.8) is 0 Å². The molecule has 0 radical (unpaired) electrons. The fourth-order valence-corrected chi connectivity index (χ4v) is 3.70. The summed E-state index contributed by atoms with van der Waals surface area (Å²) in [6.45, 7) is 1.29. The number of fused-ring (bicyclic) bond motifs is 1. The van der Waals surface area contributed by atoms with E-state index in [1.807, 2.05) is 60.7 Å². The molecule has 0 spiro atoms. The third-order valence-corrected chi connectivity index (χ3v) is 5.59. The normalized spacial score (nSPS) is 14.0. The van der Waals surface area contributed by atoms with Crippen molar-refractivity contribution in [3.8, 4) is 11.5 Å². The van der Waals surface area contributed by atoms with E-state index in [1.54, 1.807) is 0 Å². The Morgan fingerprint density at radius 1 is 0.931 bits per heavy atom. The molecule has 4 rings (SSSR count). The average molecular weight is 499 g/mol. The highest BCUT2D eigenvalue weighted by atomic mass is 127. The molecule has 0 saturated carbocycles. The van der Waals surface area contributed by atoms with Crippen LogP contribution in [-0.2, 0) is 6.42 Å². The molecule has 0 aliphatic carbocycles. The molecule has 0 aromatic heterocycles. The van der Waals surface area contributed by atoms with Gasteiger partial charge in [-0.3, -0.25) is 4.79 Å². The summed E-state index contributed by atoms with van der Waals surface area (Å²) in [5.41, 5.74) is 2.81. The van der Waals surface area contributed by atoms with Crippen molar-refractivity contribution in [2.45, 2.75) is 18.9 Å². The lowest BCUT2D eigenvalue weighted by atomic mass is 9.98. The van der Waals surface area contributed by atoms with E-state index in [-0.39, 0.29) is 11.9 Å². The predicted molar refractivity (Wildman–Crippen MR) is 122 cm³/mol. The van der Waals surface area contributed by atoms with Gasteiger partial charge >= 0.3 is 0 Å². The van der Waals surface area contributed by atoms with Gasteiger partial charge in [-0.2, -0.15) is 0 Å². The minimum atomic E-state index is -0.179. The zero-order valence-corrected chi connectivity index (χ0v) is 18.1. The van der Waals surface area contributed by atoms with Crippen LogP contribution in [0.15, 0.2) is 72.8 Å². The molecular weight excluding hydrogens is 477 g/mol. The van der Waals surface area contributed by atoms with E-state index < -0.39 is 0 Å². The third kappa shape index (κ3) is 5.09. The number of rotatable bonds is 5. The van der Waals surface area contributed by atoms with E-state index >= 15 is 0 Å². The number of halogens is 1. The Labute approximate surface area is 184 Å². The molecule has 1 heterocycles. The van der Waals surface area contributed by atoms with E-state index in [1.165, 1.54) is 0 Å². The van der Waals surface area contributed by atoms with E-state index in [9.17, 15) is 4.79 Å². The van der Waals surface area contributed by atoms with Crippen LogP contribution in [0.2, 0.25) is 0 Å². The number of amides is 1. The Morgan fingerprint density at radius 3 is 2.41 bits per heavy atom. The summed E-state index contributed by atoms with van der Waals surface area (Å²) in [4.78, 5) is 12.9. The van der Waals surface area contributed by atoms with Gasteiger partial charge in [-0.1, -0.05) is 36.4 Å². The molecule has 29 heavy (non-hydrogen) atoms. The molecule has 1 aliphatic rings. The van der Waals surface area contributed by atoms with Gasteiger partial charge in [-0.25, -0.2) is 0 Å². The Hall–Kier alpha value is -2.54. The molecule has 3 aromatic rings. The fraction of sp³-hybridized carbons (Fsp3) is 0.208. The van der Waals surface area contributed by atoms with Gasteiger partial charge in [0.2, 0.25) is 0 Å². The van der Waals surface area contributed by atoms with Crippen molar-refractivity contribution in [2.75, 3.05) is 13.2 Å². The van der Waals surface area contributed by atoms with E-state index in [0.29, 0.717) is 25.2 Å². The predicted octanol–water partition coefficient (Wildman–Crippen LogP) is 5.17. The van der Waals surface area contributed by atoms with Gasteiger partial charge in [0, 0.05) is 15.6 Å². The number of nitrogens with one attached hydrogen (secondary N) is 1. The van der Waals surface area contributed by atoms with Gasteiger partial charge < -0.3 is 14.8 Å². The molecule has 148 valence electrons. The number of hydrogen-bond acceptors (Lipinski definition) is 3. The smallest absolute Gasteiger partial charge is 0.251 e. The second-order valence-electron chi connectivity index (χ2n) is 6.98. The van der Waals surface area contributed by atoms with Gasteiger partial charge in [-0.15, -0.1) is 0 Å². The molecule has 0 saturated heterocycles. The SMILES string of the molecule is O=C(NC(Cc1ccccc1)c1ccc2c(c1)OCCCO2)c1ccc(I)cc1. The van der Waals surface area contributed by atoms with Crippen molar-refractivity contribution in [3.05, 3.63) is 93.1 Å². The summed E-state index contributed by atoms with van der Waals surface area (Å²) in [5.74, 6) is 1.41. The first-order valence-corrected chi connectivity index (χ1v) is 10.8. The van der Waals surface area contributed by atoms with Crippen LogP contribution >= 0.6 is 22.6 Å². The van der Waals surface area contributed by atoms with Crippen LogP contribution in [-0.4, -0.2) is 19.1 Å². The summed E-state index contributed by atoms with van der Waals surface area (Å²) in [7, 11) is 0. The van der Waals surface area contributed by atoms with Crippen LogP contribution in [0.1, 0.15) is 33.9 Å². The van der Waals surface area contributed by atoms with Crippen molar-refractivity contribution < 1.29 is 14.3 Å². The molecule has 0 bridgehead atoms.